The molecule has 2 aliphatic heterocycles. The van der Waals surface area contributed by atoms with E-state index < -0.39 is 0 Å². The van der Waals surface area contributed by atoms with E-state index in [1.165, 1.54) is 43.5 Å². The van der Waals surface area contributed by atoms with Crippen LogP contribution in [0.2, 0.25) is 0 Å². The summed E-state index contributed by atoms with van der Waals surface area (Å²) in [4.78, 5) is 2.61. The monoisotopic (exact) mass is 266 g/mol. The van der Waals surface area contributed by atoms with E-state index in [2.05, 4.69) is 41.4 Å². The highest BCUT2D eigenvalue weighted by Gasteiger charge is 2.28. The van der Waals surface area contributed by atoms with Crippen molar-refractivity contribution < 1.29 is 0 Å². The van der Waals surface area contributed by atoms with Gasteiger partial charge in [-0.05, 0) is 31.7 Å². The van der Waals surface area contributed by atoms with Gasteiger partial charge in [-0.1, -0.05) is 29.8 Å². The molecular formula is C15H23ClN2. The van der Waals surface area contributed by atoms with Gasteiger partial charge in [0.2, 0.25) is 0 Å². The Balaban J connectivity index is 0.00000120. The van der Waals surface area contributed by atoms with Crippen molar-refractivity contribution in [2.45, 2.75) is 44.8 Å². The van der Waals surface area contributed by atoms with E-state index in [1.807, 2.05) is 0 Å². The van der Waals surface area contributed by atoms with Crippen LogP contribution in [0.3, 0.4) is 0 Å². The van der Waals surface area contributed by atoms with Gasteiger partial charge in [-0.25, -0.2) is 0 Å². The average molecular weight is 267 g/mol. The summed E-state index contributed by atoms with van der Waals surface area (Å²) in [6, 6.07) is 10.5. The lowest BCUT2D eigenvalue weighted by molar-refractivity contribution is 0.251. The molecule has 0 saturated carbocycles. The maximum Gasteiger partial charge on any atom is 0.0234 e. The zero-order valence-electron chi connectivity index (χ0n) is 11.1. The topological polar surface area (TPSA) is 15.3 Å². The highest BCUT2D eigenvalue weighted by molar-refractivity contribution is 5.85. The van der Waals surface area contributed by atoms with Crippen molar-refractivity contribution in [1.29, 1.82) is 0 Å². The predicted octanol–water partition coefficient (Wildman–Crippen LogP) is 2.74. The summed E-state index contributed by atoms with van der Waals surface area (Å²) in [6.45, 7) is 5.75. The van der Waals surface area contributed by atoms with Crippen molar-refractivity contribution in [2.24, 2.45) is 0 Å². The van der Waals surface area contributed by atoms with E-state index in [1.54, 1.807) is 0 Å². The highest BCUT2D eigenvalue weighted by Crippen LogP contribution is 2.21. The van der Waals surface area contributed by atoms with E-state index in [0.29, 0.717) is 0 Å². The third kappa shape index (κ3) is 3.25. The number of halogens is 1. The van der Waals surface area contributed by atoms with Crippen LogP contribution in [0.1, 0.15) is 30.4 Å². The number of nitrogens with one attached hydrogen (secondary N) is 1. The van der Waals surface area contributed by atoms with Gasteiger partial charge in [0.15, 0.2) is 0 Å². The molecule has 0 aromatic heterocycles. The van der Waals surface area contributed by atoms with E-state index in [0.717, 1.165) is 18.6 Å². The molecule has 2 unspecified atom stereocenters. The summed E-state index contributed by atoms with van der Waals surface area (Å²) in [5.74, 6) is 0. The van der Waals surface area contributed by atoms with Gasteiger partial charge >= 0.3 is 0 Å². The molecule has 3 rings (SSSR count). The first-order valence-electron chi connectivity index (χ1n) is 6.83. The fourth-order valence-electron chi connectivity index (χ4n) is 3.11. The van der Waals surface area contributed by atoms with Gasteiger partial charge in [-0.2, -0.15) is 0 Å². The number of fused-ring (bicyclic) bond motifs is 2. The number of benzene rings is 1. The van der Waals surface area contributed by atoms with Crippen LogP contribution in [0.5, 0.6) is 0 Å². The normalized spacial score (nSPS) is 27.6. The van der Waals surface area contributed by atoms with E-state index in [4.69, 9.17) is 0 Å². The molecule has 0 aliphatic carbocycles. The minimum Gasteiger partial charge on any atom is -0.310 e. The molecular weight excluding hydrogens is 244 g/mol. The Morgan fingerprint density at radius 1 is 1.11 bits per heavy atom. The second-order valence-electron chi connectivity index (χ2n) is 5.65. The third-order valence-electron chi connectivity index (χ3n) is 4.13. The molecule has 2 fully saturated rings. The van der Waals surface area contributed by atoms with Crippen molar-refractivity contribution in [3.05, 3.63) is 35.4 Å². The van der Waals surface area contributed by atoms with Crippen LogP contribution < -0.4 is 5.32 Å². The maximum absolute atomic E-state index is 3.74. The zero-order valence-corrected chi connectivity index (χ0v) is 11.9. The molecule has 3 heteroatoms. The zero-order chi connectivity index (χ0) is 11.7. The quantitative estimate of drug-likeness (QED) is 0.886. The Hall–Kier alpha value is -0.570. The summed E-state index contributed by atoms with van der Waals surface area (Å²) in [6.07, 6.45) is 4.08. The SMILES string of the molecule is Cc1ccc(CN2CCC3CCC(C2)N3)cc1.Cl. The molecule has 2 nitrogen and oxygen atoms in total. The first kappa shape index (κ1) is 13.9. The highest BCUT2D eigenvalue weighted by atomic mass is 35.5. The third-order valence-corrected chi connectivity index (χ3v) is 4.13. The number of hydrogen-bond donors (Lipinski definition) is 1. The molecule has 2 bridgehead atoms. The number of rotatable bonds is 2. The summed E-state index contributed by atoms with van der Waals surface area (Å²) in [7, 11) is 0. The van der Waals surface area contributed by atoms with Gasteiger partial charge in [0.1, 0.15) is 0 Å². The molecule has 2 atom stereocenters. The lowest BCUT2D eigenvalue weighted by Gasteiger charge is -2.24. The van der Waals surface area contributed by atoms with Crippen molar-refractivity contribution >= 4 is 12.4 Å². The first-order valence-corrected chi connectivity index (χ1v) is 6.83. The average Bonchev–Trinajstić information content (AvgIpc) is 2.66. The van der Waals surface area contributed by atoms with Crippen molar-refractivity contribution in [3.63, 3.8) is 0 Å². The standard InChI is InChI=1S/C15H22N2.ClH/c1-12-2-4-13(5-3-12)10-17-9-8-14-6-7-15(11-17)16-14;/h2-5,14-16H,6-11H2,1H3;1H. The van der Waals surface area contributed by atoms with Crippen LogP contribution >= 0.6 is 12.4 Å². The summed E-state index contributed by atoms with van der Waals surface area (Å²) in [5, 5.41) is 3.74. The fourth-order valence-corrected chi connectivity index (χ4v) is 3.11. The molecule has 18 heavy (non-hydrogen) atoms. The Morgan fingerprint density at radius 3 is 2.61 bits per heavy atom. The smallest absolute Gasteiger partial charge is 0.0234 e. The van der Waals surface area contributed by atoms with E-state index in [9.17, 15) is 0 Å². The van der Waals surface area contributed by atoms with Crippen LogP contribution in [0.25, 0.3) is 0 Å². The second kappa shape index (κ2) is 6.05. The van der Waals surface area contributed by atoms with Crippen molar-refractivity contribution in [2.75, 3.05) is 13.1 Å². The maximum atomic E-state index is 3.74. The van der Waals surface area contributed by atoms with Crippen molar-refractivity contribution in [1.82, 2.24) is 10.2 Å². The summed E-state index contributed by atoms with van der Waals surface area (Å²) in [5.41, 5.74) is 2.80. The molecule has 1 aromatic rings. The molecule has 2 heterocycles. The van der Waals surface area contributed by atoms with Gasteiger partial charge < -0.3 is 5.32 Å². The van der Waals surface area contributed by atoms with Crippen LogP contribution in [-0.2, 0) is 6.54 Å². The van der Waals surface area contributed by atoms with Crippen LogP contribution in [0.4, 0.5) is 0 Å². The van der Waals surface area contributed by atoms with Gasteiger partial charge in [0, 0.05) is 31.7 Å². The fraction of sp³-hybridized carbons (Fsp3) is 0.600. The number of nitrogens with zero attached hydrogens (tertiary/aromatic N) is 1. The molecule has 0 amide bonds. The predicted molar refractivity (Wildman–Crippen MR) is 78.3 cm³/mol. The molecule has 2 aliphatic rings. The number of hydrogen-bond acceptors (Lipinski definition) is 2. The molecule has 100 valence electrons. The van der Waals surface area contributed by atoms with Gasteiger partial charge in [0.05, 0.1) is 0 Å². The van der Waals surface area contributed by atoms with Gasteiger partial charge in [-0.15, -0.1) is 12.4 Å². The lowest BCUT2D eigenvalue weighted by Crippen LogP contribution is -2.34. The lowest BCUT2D eigenvalue weighted by atomic mass is 10.1. The molecule has 0 radical (unpaired) electrons. The largest absolute Gasteiger partial charge is 0.310 e. The van der Waals surface area contributed by atoms with Crippen molar-refractivity contribution in [3.8, 4) is 0 Å². The summed E-state index contributed by atoms with van der Waals surface area (Å²) >= 11 is 0. The first-order chi connectivity index (χ1) is 8.29. The Bertz CT molecular complexity index is 377. The van der Waals surface area contributed by atoms with Crippen LogP contribution in [-0.4, -0.2) is 30.1 Å². The molecule has 2 saturated heterocycles. The second-order valence-corrected chi connectivity index (χ2v) is 5.65. The Morgan fingerprint density at radius 2 is 1.83 bits per heavy atom. The van der Waals surface area contributed by atoms with Crippen LogP contribution in [0.15, 0.2) is 24.3 Å². The minimum absolute atomic E-state index is 0. The molecule has 1 N–H and O–H groups in total. The van der Waals surface area contributed by atoms with Gasteiger partial charge in [0.25, 0.3) is 0 Å². The van der Waals surface area contributed by atoms with E-state index >= 15 is 0 Å². The molecule has 1 aromatic carbocycles. The minimum atomic E-state index is 0. The van der Waals surface area contributed by atoms with E-state index in [-0.39, 0.29) is 12.4 Å². The molecule has 0 spiro atoms. The number of likely N-dealkylation sites (tertiary alicyclic amines) is 1. The Kier molecular flexibility index (Phi) is 4.66. The summed E-state index contributed by atoms with van der Waals surface area (Å²) < 4.78 is 0. The van der Waals surface area contributed by atoms with Gasteiger partial charge in [-0.3, -0.25) is 4.90 Å². The van der Waals surface area contributed by atoms with Crippen LogP contribution in [0, 0.1) is 6.92 Å². The Labute approximate surface area is 116 Å². The number of aryl methyl sites for hydroxylation is 1.